The number of hydrogen-bond acceptors (Lipinski definition) is 16. The normalized spacial score (nSPS) is 14.1. The van der Waals surface area contributed by atoms with Gasteiger partial charge in [-0.2, -0.15) is 0 Å². The molecular weight excluding hydrogens is 1270 g/mol. The van der Waals surface area contributed by atoms with Gasteiger partial charge >= 0.3 is 11.9 Å². The molecule has 0 saturated heterocycles. The highest BCUT2D eigenvalue weighted by Crippen LogP contribution is 2.18. The summed E-state index contributed by atoms with van der Waals surface area (Å²) in [6, 6.07) is 8.53. The number of primary amides is 1. The maximum atomic E-state index is 14.5. The molecule has 32 heteroatoms. The Balaban J connectivity index is 1.55. The molecule has 0 radical (unpaired) electrons. The van der Waals surface area contributed by atoms with Crippen LogP contribution in [0.15, 0.2) is 89.9 Å². The van der Waals surface area contributed by atoms with Crippen molar-refractivity contribution < 1.29 is 77.6 Å². The van der Waals surface area contributed by atoms with E-state index in [2.05, 4.69) is 63.1 Å². The number of phenolic OH excluding ortho intramolecular Hbond substituents is 1. The zero-order chi connectivity index (χ0) is 72.6. The molecule has 32 nitrogen and oxygen atoms in total. The van der Waals surface area contributed by atoms with Crippen molar-refractivity contribution in [3.8, 4) is 5.75 Å². The molecule has 4 rings (SSSR count). The summed E-state index contributed by atoms with van der Waals surface area (Å²) in [6.45, 7) is 7.79. The van der Waals surface area contributed by atoms with Gasteiger partial charge in [0, 0.05) is 62.8 Å². The quantitative estimate of drug-likeness (QED) is 0.0138. The van der Waals surface area contributed by atoms with Gasteiger partial charge in [0.15, 0.2) is 5.96 Å². The maximum absolute atomic E-state index is 14.5. The predicted octanol–water partition coefficient (Wildman–Crippen LogP) is -1.36. The van der Waals surface area contributed by atoms with Crippen LogP contribution in [0.3, 0.4) is 0 Å². The number of amides is 11. The molecule has 10 atom stereocenters. The van der Waals surface area contributed by atoms with Gasteiger partial charge in [0.25, 0.3) is 0 Å². The van der Waals surface area contributed by atoms with E-state index in [0.29, 0.717) is 29.7 Å². The Labute approximate surface area is 566 Å². The summed E-state index contributed by atoms with van der Waals surface area (Å²) in [7, 11) is 0. The fourth-order valence-electron chi connectivity index (χ4n) is 10.2. The molecule has 1 heterocycles. The van der Waals surface area contributed by atoms with Crippen LogP contribution in [0, 0.1) is 5.92 Å². The Morgan fingerprint density at radius 3 is 1.42 bits per heavy atom. The van der Waals surface area contributed by atoms with Crippen molar-refractivity contribution in [2.75, 3.05) is 13.1 Å². The van der Waals surface area contributed by atoms with Crippen molar-refractivity contribution in [1.82, 2.24) is 58.2 Å². The summed E-state index contributed by atoms with van der Waals surface area (Å²) < 4.78 is 0. The number of fused-ring (bicyclic) bond motifs is 1. The molecule has 0 spiro atoms. The van der Waals surface area contributed by atoms with Crippen molar-refractivity contribution in [3.05, 3.63) is 102 Å². The number of benzene rings is 3. The van der Waals surface area contributed by atoms with Crippen LogP contribution in [-0.4, -0.2) is 177 Å². The number of aromatic amines is 1. The van der Waals surface area contributed by atoms with E-state index in [4.69, 9.17) is 22.9 Å². The first-order chi connectivity index (χ1) is 46.5. The second-order valence-corrected chi connectivity index (χ2v) is 24.2. The minimum Gasteiger partial charge on any atom is -0.508 e. The van der Waals surface area contributed by atoms with Gasteiger partial charge in [0.2, 0.25) is 65.0 Å². The second-order valence-electron chi connectivity index (χ2n) is 24.2. The number of hydrogen-bond donors (Lipinski definition) is 18. The Bertz CT molecular complexity index is 3380. The molecule has 1 aromatic heterocycles. The van der Waals surface area contributed by atoms with Crippen molar-refractivity contribution in [3.63, 3.8) is 0 Å². The number of rotatable bonds is 43. The predicted molar refractivity (Wildman–Crippen MR) is 360 cm³/mol. The highest BCUT2D eigenvalue weighted by molar-refractivity contribution is 5.99. The van der Waals surface area contributed by atoms with Crippen molar-refractivity contribution in [2.24, 2.45) is 33.8 Å². The number of nitrogens with zero attached hydrogens (tertiary/aromatic N) is 1. The van der Waals surface area contributed by atoms with Crippen molar-refractivity contribution >= 4 is 93.8 Å². The molecule has 0 unspecified atom stereocenters. The number of nitrogens with one attached hydrogen (secondary N) is 11. The third kappa shape index (κ3) is 28.3. The van der Waals surface area contributed by atoms with Crippen LogP contribution in [0.4, 0.5) is 0 Å². The highest BCUT2D eigenvalue weighted by Gasteiger charge is 2.36. The molecule has 98 heavy (non-hydrogen) atoms. The number of H-pyrrole nitrogens is 1. The minimum absolute atomic E-state index is 0.00750. The molecule has 3 aromatic carbocycles. The number of guanidine groups is 1. The zero-order valence-corrected chi connectivity index (χ0v) is 55.7. The number of aliphatic imine (C=N–C) groups is 1. The third-order valence-corrected chi connectivity index (χ3v) is 15.4. The average Bonchev–Trinajstić information content (AvgIpc) is 1.63. The van der Waals surface area contributed by atoms with E-state index in [9.17, 15) is 77.6 Å². The zero-order valence-electron chi connectivity index (χ0n) is 55.7. The topological polar surface area (TPSA) is 535 Å². The summed E-state index contributed by atoms with van der Waals surface area (Å²) in [5, 5.41) is 56.0. The minimum atomic E-state index is -1.67. The average molecular weight is 1370 g/mol. The maximum Gasteiger partial charge on any atom is 0.326 e. The largest absolute Gasteiger partial charge is 0.508 e. The summed E-state index contributed by atoms with van der Waals surface area (Å²) >= 11 is 0. The number of carboxylic acid groups (broad SMARTS) is 2. The van der Waals surface area contributed by atoms with Gasteiger partial charge in [-0.15, -0.1) is 0 Å². The molecule has 0 aliphatic carbocycles. The number of nitrogens with two attached hydrogens (primary N) is 4. The van der Waals surface area contributed by atoms with Crippen LogP contribution < -0.4 is 76.1 Å². The summed E-state index contributed by atoms with van der Waals surface area (Å²) in [5.41, 5.74) is 24.5. The smallest absolute Gasteiger partial charge is 0.326 e. The van der Waals surface area contributed by atoms with E-state index in [-0.39, 0.29) is 82.1 Å². The Morgan fingerprint density at radius 2 is 0.918 bits per heavy atom. The number of aromatic nitrogens is 1. The fourth-order valence-corrected chi connectivity index (χ4v) is 10.2. The Morgan fingerprint density at radius 1 is 0.480 bits per heavy atom. The van der Waals surface area contributed by atoms with Gasteiger partial charge in [0.1, 0.15) is 66.2 Å². The number of carboxylic acids is 2. The third-order valence-electron chi connectivity index (χ3n) is 15.4. The fraction of sp³-hybridized carbons (Fsp3) is 0.485. The molecule has 0 aliphatic rings. The number of unbranched alkanes of at least 4 members (excludes halogenated alkanes) is 1. The van der Waals surface area contributed by atoms with E-state index in [1.54, 1.807) is 44.2 Å². The Kier molecular flexibility index (Phi) is 33.1. The number of carbonyl (C=O) groups excluding carboxylic acids is 11. The summed E-state index contributed by atoms with van der Waals surface area (Å²) in [6.07, 6.45) is -1.66. The van der Waals surface area contributed by atoms with E-state index in [0.717, 1.165) is 10.9 Å². The van der Waals surface area contributed by atoms with Crippen LogP contribution in [0.2, 0.25) is 0 Å². The van der Waals surface area contributed by atoms with Crippen LogP contribution in [-0.2, 0) is 81.6 Å². The lowest BCUT2D eigenvalue weighted by molar-refractivity contribution is -0.143. The van der Waals surface area contributed by atoms with E-state index < -0.39 is 163 Å². The number of phenols is 1. The molecular formula is C66H94N16O16. The molecule has 22 N–H and O–H groups in total. The molecule has 0 bridgehead atoms. The first-order valence-electron chi connectivity index (χ1n) is 32.4. The molecule has 0 fully saturated rings. The van der Waals surface area contributed by atoms with Gasteiger partial charge in [-0.05, 0) is 99.1 Å². The van der Waals surface area contributed by atoms with Crippen LogP contribution in [0.5, 0.6) is 5.75 Å². The van der Waals surface area contributed by atoms with E-state index >= 15 is 0 Å². The van der Waals surface area contributed by atoms with E-state index in [1.165, 1.54) is 38.1 Å². The van der Waals surface area contributed by atoms with Crippen LogP contribution >= 0.6 is 0 Å². The summed E-state index contributed by atoms with van der Waals surface area (Å²) in [5.74, 6) is -13.1. The molecule has 534 valence electrons. The lowest BCUT2D eigenvalue weighted by Crippen LogP contribution is -2.60. The molecule has 11 amide bonds. The van der Waals surface area contributed by atoms with Gasteiger partial charge in [0.05, 0.1) is 0 Å². The van der Waals surface area contributed by atoms with Gasteiger partial charge in [-0.25, -0.2) is 4.79 Å². The second kappa shape index (κ2) is 40.7. The first kappa shape index (κ1) is 79.8. The van der Waals surface area contributed by atoms with E-state index in [1.807, 2.05) is 37.3 Å². The van der Waals surface area contributed by atoms with Crippen molar-refractivity contribution in [1.29, 1.82) is 0 Å². The van der Waals surface area contributed by atoms with Crippen LogP contribution in [0.25, 0.3) is 10.9 Å². The molecule has 0 aliphatic heterocycles. The monoisotopic (exact) mass is 1370 g/mol. The highest BCUT2D eigenvalue weighted by atomic mass is 16.4. The standard InChI is InChI=1S/C66H94N16O16/c1-6-7-17-45(77-64(96)51(75-54(85)28-29-67)35-42-34-41-16-11-12-18-44(41)74-42)59(91)78-48(25-27-55(86)87)58(90)73-37(4)56(88)72-38(5)57(89)80-49(33-40-20-22-43(83)23-21-40)62(94)79-47(24-26-53(68)84)61(93)76-46(19-13-30-71-66(69)70)60(92)81-50(32-39-14-9-8-10-15-39)63(95)82-52(65(97)98)31-36(2)3/h8-12,14-16,18,20-23,34,36-38,45-52,74,83H,6-7,13,17,19,24-33,35,67H2,1-5H3,(H2,68,84)(H,72,88)(H,73,90)(H,75,85)(H,76,93)(H,77,96)(H,78,91)(H,79,94)(H,80,89)(H,81,92)(H,82,95)(H,86,87)(H,97,98)(H4,69,70,71)/t37-,38-,45+,46+,47-,48-,49-,50-,51-,52-/m0/s1. The lowest BCUT2D eigenvalue weighted by atomic mass is 10.0. The Hall–Kier alpha value is -10.7. The number of aromatic hydroxyl groups is 1. The lowest BCUT2D eigenvalue weighted by Gasteiger charge is -2.27. The molecule has 0 saturated carbocycles. The number of carbonyl (C=O) groups is 13. The van der Waals surface area contributed by atoms with Gasteiger partial charge < -0.3 is 96.4 Å². The van der Waals surface area contributed by atoms with Gasteiger partial charge in [-0.1, -0.05) is 94.3 Å². The first-order valence-corrected chi connectivity index (χ1v) is 32.4. The number of para-hydroxylation sites is 1. The SMILES string of the molecule is CCCC[C@@H](NC(=O)[C@H](Cc1cc2ccccc2[nH]1)NC(=O)CCN)C(=O)N[C@@H](CCC(=O)O)C(=O)N[C@@H](C)C(=O)N[C@@H](C)C(=O)N[C@@H](Cc1ccc(O)cc1)C(=O)N[C@@H](CCC(N)=O)C(=O)N[C@H](CCCN=C(N)N)C(=O)N[C@@H](Cc1ccccc1)C(=O)N[C@@H](CC(C)C)C(=O)O. The molecule has 4 aromatic rings. The number of aliphatic carboxylic acids is 2. The van der Waals surface area contributed by atoms with Crippen LogP contribution in [0.1, 0.15) is 122 Å². The van der Waals surface area contributed by atoms with Gasteiger partial charge in [-0.3, -0.25) is 62.5 Å². The van der Waals surface area contributed by atoms with Crippen molar-refractivity contribution in [2.45, 2.75) is 185 Å². The summed E-state index contributed by atoms with van der Waals surface area (Å²) in [4.78, 5) is 183.